The second-order valence-corrected chi connectivity index (χ2v) is 6.18. The lowest BCUT2D eigenvalue weighted by atomic mass is 10.1. The molecule has 1 saturated heterocycles. The minimum Gasteiger partial charge on any atom is -0.393 e. The highest BCUT2D eigenvalue weighted by atomic mass is 16.3. The van der Waals surface area contributed by atoms with Crippen LogP contribution < -0.4 is 0 Å². The van der Waals surface area contributed by atoms with Gasteiger partial charge in [0.05, 0.1) is 6.10 Å². The summed E-state index contributed by atoms with van der Waals surface area (Å²) in [5, 5.41) is 11.0. The number of rotatable bonds is 3. The van der Waals surface area contributed by atoms with Crippen molar-refractivity contribution in [2.24, 2.45) is 0 Å². The minimum absolute atomic E-state index is 0.0942. The quantitative estimate of drug-likeness (QED) is 0.929. The Bertz CT molecular complexity index is 580. The van der Waals surface area contributed by atoms with Crippen LogP contribution in [0.2, 0.25) is 0 Å². The van der Waals surface area contributed by atoms with Gasteiger partial charge in [0.15, 0.2) is 0 Å². The van der Waals surface area contributed by atoms with Crippen molar-refractivity contribution in [2.75, 3.05) is 13.1 Å². The molecular weight excluding hydrogens is 248 g/mol. The molecule has 3 rings (SSSR count). The molecule has 20 heavy (non-hydrogen) atoms. The zero-order valence-electron chi connectivity index (χ0n) is 12.4. The standard InChI is InChI=1S/C17H24N2O/c1-13(2)19-12-14(16-5-3-4-6-17(16)19)11-18-9-7-15(20)8-10-18/h3-6,12-13,15,20H,7-11H2,1-2H3. The molecule has 0 radical (unpaired) electrons. The Morgan fingerprint density at radius 3 is 2.60 bits per heavy atom. The largest absolute Gasteiger partial charge is 0.393 e. The molecule has 0 atom stereocenters. The van der Waals surface area contributed by atoms with Gasteiger partial charge in [-0.05, 0) is 38.3 Å². The normalized spacial score (nSPS) is 18.2. The van der Waals surface area contributed by atoms with Crippen molar-refractivity contribution in [1.82, 2.24) is 9.47 Å². The van der Waals surface area contributed by atoms with Gasteiger partial charge in [-0.15, -0.1) is 0 Å². The Morgan fingerprint density at radius 2 is 1.90 bits per heavy atom. The summed E-state index contributed by atoms with van der Waals surface area (Å²) in [6, 6.07) is 9.15. The fourth-order valence-electron chi connectivity index (χ4n) is 3.15. The van der Waals surface area contributed by atoms with E-state index in [1.165, 1.54) is 16.5 Å². The van der Waals surface area contributed by atoms with Crippen molar-refractivity contribution in [2.45, 2.75) is 45.4 Å². The molecule has 0 saturated carbocycles. The molecule has 1 fully saturated rings. The molecular formula is C17H24N2O. The molecule has 1 aliphatic rings. The molecule has 0 aliphatic carbocycles. The molecule has 3 nitrogen and oxygen atoms in total. The van der Waals surface area contributed by atoms with Gasteiger partial charge in [0.2, 0.25) is 0 Å². The molecule has 0 unspecified atom stereocenters. The highest BCUT2D eigenvalue weighted by Gasteiger charge is 2.19. The van der Waals surface area contributed by atoms with Crippen LogP contribution in [0.1, 0.15) is 38.3 Å². The number of para-hydroxylation sites is 1. The number of hydrogen-bond donors (Lipinski definition) is 1. The van der Waals surface area contributed by atoms with Gasteiger partial charge in [-0.1, -0.05) is 18.2 Å². The topological polar surface area (TPSA) is 28.4 Å². The lowest BCUT2D eigenvalue weighted by Crippen LogP contribution is -2.35. The maximum Gasteiger partial charge on any atom is 0.0564 e. The first-order chi connectivity index (χ1) is 9.65. The third kappa shape index (κ3) is 2.60. The van der Waals surface area contributed by atoms with Crippen LogP contribution in [0.5, 0.6) is 0 Å². The van der Waals surface area contributed by atoms with Gasteiger partial charge in [-0.2, -0.15) is 0 Å². The van der Waals surface area contributed by atoms with E-state index in [4.69, 9.17) is 0 Å². The number of aromatic nitrogens is 1. The highest BCUT2D eigenvalue weighted by Crippen LogP contribution is 2.26. The fourth-order valence-corrected chi connectivity index (χ4v) is 3.15. The lowest BCUT2D eigenvalue weighted by molar-refractivity contribution is 0.0794. The first kappa shape index (κ1) is 13.7. The molecule has 2 aromatic rings. The number of nitrogens with zero attached hydrogens (tertiary/aromatic N) is 2. The summed E-state index contributed by atoms with van der Waals surface area (Å²) in [4.78, 5) is 2.46. The average molecular weight is 272 g/mol. The van der Waals surface area contributed by atoms with Gasteiger partial charge >= 0.3 is 0 Å². The van der Waals surface area contributed by atoms with E-state index < -0.39 is 0 Å². The first-order valence-electron chi connectivity index (χ1n) is 7.64. The van der Waals surface area contributed by atoms with Gasteiger partial charge in [0, 0.05) is 42.8 Å². The average Bonchev–Trinajstić information content (AvgIpc) is 2.81. The number of benzene rings is 1. The van der Waals surface area contributed by atoms with Gasteiger partial charge in [0.25, 0.3) is 0 Å². The summed E-state index contributed by atoms with van der Waals surface area (Å²) in [6.07, 6.45) is 4.02. The van der Waals surface area contributed by atoms with E-state index in [9.17, 15) is 5.11 Å². The van der Waals surface area contributed by atoms with E-state index in [0.717, 1.165) is 32.5 Å². The zero-order valence-corrected chi connectivity index (χ0v) is 12.4. The smallest absolute Gasteiger partial charge is 0.0564 e. The molecule has 0 amide bonds. The Balaban J connectivity index is 1.88. The van der Waals surface area contributed by atoms with E-state index in [-0.39, 0.29) is 6.10 Å². The van der Waals surface area contributed by atoms with Crippen molar-refractivity contribution < 1.29 is 5.11 Å². The summed E-state index contributed by atoms with van der Waals surface area (Å²) in [5.74, 6) is 0. The summed E-state index contributed by atoms with van der Waals surface area (Å²) in [5.41, 5.74) is 2.74. The number of aliphatic hydroxyl groups is 1. The number of hydrogen-bond acceptors (Lipinski definition) is 2. The molecule has 3 heteroatoms. The van der Waals surface area contributed by atoms with Crippen molar-refractivity contribution in [3.05, 3.63) is 36.0 Å². The maximum absolute atomic E-state index is 9.61. The van der Waals surface area contributed by atoms with E-state index >= 15 is 0 Å². The third-order valence-corrected chi connectivity index (χ3v) is 4.33. The number of likely N-dealkylation sites (tertiary alicyclic amines) is 1. The molecule has 108 valence electrons. The molecule has 1 aliphatic heterocycles. The Hall–Kier alpha value is -1.32. The van der Waals surface area contributed by atoms with E-state index in [0.29, 0.717) is 6.04 Å². The minimum atomic E-state index is -0.0942. The van der Waals surface area contributed by atoms with Crippen molar-refractivity contribution in [3.63, 3.8) is 0 Å². The molecule has 1 N–H and O–H groups in total. The van der Waals surface area contributed by atoms with Crippen LogP contribution in [0.15, 0.2) is 30.5 Å². The Labute approximate surface area is 120 Å². The van der Waals surface area contributed by atoms with Gasteiger partial charge in [-0.25, -0.2) is 0 Å². The van der Waals surface area contributed by atoms with Crippen LogP contribution in [-0.4, -0.2) is 33.8 Å². The van der Waals surface area contributed by atoms with Crippen molar-refractivity contribution >= 4 is 10.9 Å². The van der Waals surface area contributed by atoms with Crippen LogP contribution >= 0.6 is 0 Å². The second-order valence-electron chi connectivity index (χ2n) is 6.18. The van der Waals surface area contributed by atoms with E-state index in [2.05, 4.69) is 53.8 Å². The van der Waals surface area contributed by atoms with Crippen molar-refractivity contribution in [1.29, 1.82) is 0 Å². The predicted octanol–water partition coefficient (Wildman–Crippen LogP) is 3.18. The van der Waals surface area contributed by atoms with E-state index in [1.54, 1.807) is 0 Å². The van der Waals surface area contributed by atoms with Crippen LogP contribution in [0.4, 0.5) is 0 Å². The molecule has 2 heterocycles. The van der Waals surface area contributed by atoms with Crippen LogP contribution in [-0.2, 0) is 6.54 Å². The van der Waals surface area contributed by atoms with Gasteiger partial charge < -0.3 is 9.67 Å². The molecule has 0 spiro atoms. The van der Waals surface area contributed by atoms with Crippen LogP contribution in [0, 0.1) is 0 Å². The number of piperidine rings is 1. The Kier molecular flexibility index (Phi) is 3.81. The lowest BCUT2D eigenvalue weighted by Gasteiger charge is -2.29. The van der Waals surface area contributed by atoms with Crippen molar-refractivity contribution in [3.8, 4) is 0 Å². The summed E-state index contributed by atoms with van der Waals surface area (Å²) in [6.45, 7) is 7.46. The number of aliphatic hydroxyl groups excluding tert-OH is 1. The summed E-state index contributed by atoms with van der Waals surface area (Å²) >= 11 is 0. The maximum atomic E-state index is 9.61. The second kappa shape index (κ2) is 5.58. The highest BCUT2D eigenvalue weighted by molar-refractivity contribution is 5.84. The number of fused-ring (bicyclic) bond motifs is 1. The molecule has 1 aromatic heterocycles. The van der Waals surface area contributed by atoms with Gasteiger partial charge in [-0.3, -0.25) is 4.90 Å². The summed E-state index contributed by atoms with van der Waals surface area (Å²) in [7, 11) is 0. The van der Waals surface area contributed by atoms with Gasteiger partial charge in [0.1, 0.15) is 0 Å². The molecule has 0 bridgehead atoms. The monoisotopic (exact) mass is 272 g/mol. The third-order valence-electron chi connectivity index (χ3n) is 4.33. The zero-order chi connectivity index (χ0) is 14.1. The van der Waals surface area contributed by atoms with E-state index in [1.807, 2.05) is 0 Å². The first-order valence-corrected chi connectivity index (χ1v) is 7.64. The van der Waals surface area contributed by atoms with Crippen LogP contribution in [0.25, 0.3) is 10.9 Å². The molecule has 1 aromatic carbocycles. The fraction of sp³-hybridized carbons (Fsp3) is 0.529. The van der Waals surface area contributed by atoms with Crippen LogP contribution in [0.3, 0.4) is 0 Å². The SMILES string of the molecule is CC(C)n1cc(CN2CCC(O)CC2)c2ccccc21. The predicted molar refractivity (Wildman–Crippen MR) is 82.8 cm³/mol. The summed E-state index contributed by atoms with van der Waals surface area (Å²) < 4.78 is 2.36. The Morgan fingerprint density at radius 1 is 1.20 bits per heavy atom.